The summed E-state index contributed by atoms with van der Waals surface area (Å²) in [5, 5.41) is 8.28. The minimum absolute atomic E-state index is 0.397. The summed E-state index contributed by atoms with van der Waals surface area (Å²) in [7, 11) is 0. The average Bonchev–Trinajstić information content (AvgIpc) is 2.93. The summed E-state index contributed by atoms with van der Waals surface area (Å²) in [5.41, 5.74) is 1.13. The van der Waals surface area contributed by atoms with Crippen LogP contribution in [-0.4, -0.2) is 22.7 Å². The lowest BCUT2D eigenvalue weighted by Crippen LogP contribution is -2.31. The fourth-order valence-electron chi connectivity index (χ4n) is 2.15. The molecule has 114 valence electrons. The molecule has 1 aromatic carbocycles. The Morgan fingerprint density at radius 3 is 2.67 bits per heavy atom. The van der Waals surface area contributed by atoms with Crippen molar-refractivity contribution in [2.75, 3.05) is 6.54 Å². The number of aromatic nitrogens is 2. The first-order chi connectivity index (χ1) is 10.2. The Morgan fingerprint density at radius 2 is 2.00 bits per heavy atom. The molecular weight excluding hydrogens is 286 g/mol. The van der Waals surface area contributed by atoms with Gasteiger partial charge in [0.2, 0.25) is 5.89 Å². The average molecular weight is 308 g/mol. The van der Waals surface area contributed by atoms with E-state index in [1.165, 1.54) is 0 Å². The monoisotopic (exact) mass is 307 g/mol. The quantitative estimate of drug-likeness (QED) is 0.809. The Kier molecular flexibility index (Phi) is 6.21. The van der Waals surface area contributed by atoms with Crippen LogP contribution in [0.5, 0.6) is 0 Å². The number of nitrogens with one attached hydrogen (secondary N) is 1. The maximum Gasteiger partial charge on any atom is 0.228 e. The number of benzene rings is 1. The van der Waals surface area contributed by atoms with Gasteiger partial charge in [0.25, 0.3) is 0 Å². The molecule has 1 unspecified atom stereocenters. The number of halogens is 1. The van der Waals surface area contributed by atoms with Crippen LogP contribution in [0.1, 0.15) is 44.0 Å². The minimum atomic E-state index is 0.397. The smallest absolute Gasteiger partial charge is 0.228 e. The van der Waals surface area contributed by atoms with E-state index in [-0.39, 0.29) is 0 Å². The summed E-state index contributed by atoms with van der Waals surface area (Å²) in [6, 6.07) is 8.11. The van der Waals surface area contributed by atoms with Gasteiger partial charge < -0.3 is 9.84 Å². The van der Waals surface area contributed by atoms with Gasteiger partial charge in [-0.15, -0.1) is 0 Å². The van der Waals surface area contributed by atoms with Crippen LogP contribution >= 0.6 is 11.6 Å². The standard InChI is InChI=1S/C16H22ClN3O/c1-3-9-18-14(4-2)11-16-19-15(20-21-16)10-12-5-7-13(17)8-6-12/h5-8,14,18H,3-4,9-11H2,1-2H3. The molecule has 0 radical (unpaired) electrons. The van der Waals surface area contributed by atoms with E-state index in [0.29, 0.717) is 18.4 Å². The SMILES string of the molecule is CCCNC(CC)Cc1nc(Cc2ccc(Cl)cc2)no1. The third-order valence-electron chi connectivity index (χ3n) is 3.38. The summed E-state index contributed by atoms with van der Waals surface area (Å²) < 4.78 is 5.35. The molecule has 0 bridgehead atoms. The molecule has 2 rings (SSSR count). The molecule has 0 aliphatic rings. The lowest BCUT2D eigenvalue weighted by atomic mass is 10.1. The van der Waals surface area contributed by atoms with Gasteiger partial charge in [-0.1, -0.05) is 42.7 Å². The Morgan fingerprint density at radius 1 is 1.24 bits per heavy atom. The van der Waals surface area contributed by atoms with Crippen molar-refractivity contribution < 1.29 is 4.52 Å². The summed E-state index contributed by atoms with van der Waals surface area (Å²) >= 11 is 5.88. The van der Waals surface area contributed by atoms with Gasteiger partial charge in [0, 0.05) is 23.9 Å². The van der Waals surface area contributed by atoms with E-state index in [2.05, 4.69) is 29.3 Å². The van der Waals surface area contributed by atoms with Gasteiger partial charge in [-0.25, -0.2) is 0 Å². The molecule has 0 fully saturated rings. The van der Waals surface area contributed by atoms with E-state index >= 15 is 0 Å². The van der Waals surface area contributed by atoms with Crippen LogP contribution in [-0.2, 0) is 12.8 Å². The third kappa shape index (κ3) is 5.14. The van der Waals surface area contributed by atoms with Crippen molar-refractivity contribution in [1.82, 2.24) is 15.5 Å². The van der Waals surface area contributed by atoms with Crippen LogP contribution in [0.25, 0.3) is 0 Å². The molecule has 21 heavy (non-hydrogen) atoms. The van der Waals surface area contributed by atoms with E-state index in [1.807, 2.05) is 24.3 Å². The highest BCUT2D eigenvalue weighted by Gasteiger charge is 2.12. The van der Waals surface area contributed by atoms with E-state index < -0.39 is 0 Å². The summed E-state index contributed by atoms with van der Waals surface area (Å²) in [4.78, 5) is 4.47. The number of hydrogen-bond donors (Lipinski definition) is 1. The van der Waals surface area contributed by atoms with E-state index in [1.54, 1.807) is 0 Å². The molecule has 0 saturated heterocycles. The second-order valence-corrected chi connectivity index (χ2v) is 5.61. The molecule has 0 saturated carbocycles. The lowest BCUT2D eigenvalue weighted by Gasteiger charge is -2.13. The Bertz CT molecular complexity index is 539. The van der Waals surface area contributed by atoms with Crippen molar-refractivity contribution in [3.05, 3.63) is 46.6 Å². The zero-order valence-corrected chi connectivity index (χ0v) is 13.4. The fourth-order valence-corrected chi connectivity index (χ4v) is 2.28. The predicted molar refractivity (Wildman–Crippen MR) is 84.6 cm³/mol. The van der Waals surface area contributed by atoms with Crippen molar-refractivity contribution in [2.45, 2.75) is 45.6 Å². The van der Waals surface area contributed by atoms with Crippen molar-refractivity contribution in [3.63, 3.8) is 0 Å². The predicted octanol–water partition coefficient (Wildman–Crippen LogP) is 3.63. The molecule has 4 nitrogen and oxygen atoms in total. The minimum Gasteiger partial charge on any atom is -0.339 e. The Hall–Kier alpha value is -1.39. The van der Waals surface area contributed by atoms with Crippen molar-refractivity contribution in [2.24, 2.45) is 0 Å². The van der Waals surface area contributed by atoms with Gasteiger partial charge in [0.15, 0.2) is 5.82 Å². The Labute approximate surface area is 130 Å². The molecule has 2 aromatic rings. The van der Waals surface area contributed by atoms with Crippen molar-refractivity contribution >= 4 is 11.6 Å². The summed E-state index contributed by atoms with van der Waals surface area (Å²) in [5.74, 6) is 1.42. The topological polar surface area (TPSA) is 51.0 Å². The van der Waals surface area contributed by atoms with E-state index in [4.69, 9.17) is 16.1 Å². The molecule has 5 heteroatoms. The van der Waals surface area contributed by atoms with Crippen LogP contribution < -0.4 is 5.32 Å². The summed E-state index contributed by atoms with van der Waals surface area (Å²) in [6.45, 7) is 5.35. The van der Waals surface area contributed by atoms with Crippen LogP contribution in [0.4, 0.5) is 0 Å². The summed E-state index contributed by atoms with van der Waals surface area (Å²) in [6.07, 6.45) is 3.63. The zero-order valence-electron chi connectivity index (χ0n) is 12.6. The highest BCUT2D eigenvalue weighted by Crippen LogP contribution is 2.13. The molecule has 1 heterocycles. The van der Waals surface area contributed by atoms with Gasteiger partial charge in [-0.05, 0) is 37.1 Å². The van der Waals surface area contributed by atoms with Crippen LogP contribution in [0.2, 0.25) is 5.02 Å². The van der Waals surface area contributed by atoms with Gasteiger partial charge in [-0.3, -0.25) is 0 Å². The number of nitrogens with zero attached hydrogens (tertiary/aromatic N) is 2. The molecule has 0 aliphatic carbocycles. The van der Waals surface area contributed by atoms with E-state index in [0.717, 1.165) is 42.2 Å². The van der Waals surface area contributed by atoms with Gasteiger partial charge in [0.05, 0.1) is 0 Å². The highest BCUT2D eigenvalue weighted by atomic mass is 35.5. The first-order valence-electron chi connectivity index (χ1n) is 7.50. The van der Waals surface area contributed by atoms with Crippen LogP contribution in [0.3, 0.4) is 0 Å². The maximum absolute atomic E-state index is 5.88. The third-order valence-corrected chi connectivity index (χ3v) is 3.63. The van der Waals surface area contributed by atoms with E-state index in [9.17, 15) is 0 Å². The van der Waals surface area contributed by atoms with Crippen molar-refractivity contribution in [3.8, 4) is 0 Å². The largest absolute Gasteiger partial charge is 0.339 e. The molecule has 0 amide bonds. The molecule has 0 aliphatic heterocycles. The second-order valence-electron chi connectivity index (χ2n) is 5.17. The number of hydrogen-bond acceptors (Lipinski definition) is 4. The fraction of sp³-hybridized carbons (Fsp3) is 0.500. The van der Waals surface area contributed by atoms with Gasteiger partial charge in [0.1, 0.15) is 0 Å². The van der Waals surface area contributed by atoms with Crippen LogP contribution in [0.15, 0.2) is 28.8 Å². The molecular formula is C16H22ClN3O. The molecule has 1 N–H and O–H groups in total. The van der Waals surface area contributed by atoms with Gasteiger partial charge >= 0.3 is 0 Å². The normalized spacial score (nSPS) is 12.5. The molecule has 1 atom stereocenters. The zero-order chi connectivity index (χ0) is 15.1. The Balaban J connectivity index is 1.92. The number of rotatable bonds is 8. The first-order valence-corrected chi connectivity index (χ1v) is 7.88. The highest BCUT2D eigenvalue weighted by molar-refractivity contribution is 6.30. The van der Waals surface area contributed by atoms with Crippen LogP contribution in [0, 0.1) is 0 Å². The molecule has 1 aromatic heterocycles. The van der Waals surface area contributed by atoms with Gasteiger partial charge in [-0.2, -0.15) is 4.98 Å². The van der Waals surface area contributed by atoms with Crippen molar-refractivity contribution in [1.29, 1.82) is 0 Å². The first kappa shape index (κ1) is 16.0. The lowest BCUT2D eigenvalue weighted by molar-refractivity contribution is 0.350. The second kappa shape index (κ2) is 8.15. The molecule has 0 spiro atoms. The maximum atomic E-state index is 5.88.